The van der Waals surface area contributed by atoms with Gasteiger partial charge in [-0.05, 0) is 77.0 Å². The van der Waals surface area contributed by atoms with E-state index in [4.69, 9.17) is 14.0 Å². The molecular formula is C28H26FINO4PS. The summed E-state index contributed by atoms with van der Waals surface area (Å²) in [5.74, 6) is 2.79. The normalized spacial score (nSPS) is 14.2. The molecule has 1 unspecified atom stereocenters. The number of hydrogen-bond acceptors (Lipinski definition) is 6. The first-order chi connectivity index (χ1) is 18.1. The summed E-state index contributed by atoms with van der Waals surface area (Å²) >= 11 is 3.60. The summed E-state index contributed by atoms with van der Waals surface area (Å²) < 4.78 is 31.4. The van der Waals surface area contributed by atoms with E-state index in [0.29, 0.717) is 35.0 Å². The van der Waals surface area contributed by atoms with Crippen molar-refractivity contribution in [2.24, 2.45) is 5.92 Å². The van der Waals surface area contributed by atoms with E-state index < -0.39 is 0 Å². The Morgan fingerprint density at radius 3 is 2.54 bits per heavy atom. The number of hydrogen-bond donors (Lipinski definition) is 0. The van der Waals surface area contributed by atoms with Crippen LogP contribution in [0.15, 0.2) is 66.7 Å². The first-order valence-corrected chi connectivity index (χ1v) is 16.8. The molecule has 192 valence electrons. The monoisotopic (exact) mass is 649 g/mol. The lowest BCUT2D eigenvalue weighted by molar-refractivity contribution is 0.0668. The lowest BCUT2D eigenvalue weighted by Crippen LogP contribution is -2.49. The van der Waals surface area contributed by atoms with Crippen LogP contribution < -0.4 is 14.0 Å². The molecule has 0 aliphatic carbocycles. The molecule has 0 saturated carbocycles. The number of carbonyl (C=O) groups excluding carboxylic acids is 1. The number of likely N-dealkylation sites (tertiary alicyclic amines) is 1. The molecule has 0 spiro atoms. The van der Waals surface area contributed by atoms with Crippen molar-refractivity contribution < 1.29 is 23.2 Å². The van der Waals surface area contributed by atoms with Gasteiger partial charge in [0.25, 0.3) is 0 Å². The maximum Gasteiger partial charge on any atom is 0.207 e. The van der Waals surface area contributed by atoms with E-state index in [0.717, 1.165) is 46.8 Å². The van der Waals surface area contributed by atoms with Gasteiger partial charge in [-0.1, -0.05) is 24.3 Å². The van der Waals surface area contributed by atoms with Gasteiger partial charge in [-0.3, -0.25) is 14.1 Å². The average molecular weight is 649 g/mol. The molecule has 1 fully saturated rings. The summed E-state index contributed by atoms with van der Waals surface area (Å²) in [6.45, 7) is 4.93. The van der Waals surface area contributed by atoms with Crippen molar-refractivity contribution >= 4 is 55.7 Å². The molecule has 1 atom stereocenters. The minimum Gasteiger partial charge on any atom is -0.492 e. The number of fused-ring (bicyclic) bond motifs is 1. The highest BCUT2D eigenvalue weighted by Crippen LogP contribution is 2.44. The number of nitrogens with zero attached hydrogens (tertiary/aromatic N) is 1. The SMILES string of the molecule is Cc1ccccc1C(=O)c1sc2cc(OPI)ccc2c1Oc1ccc(OCCN2CC(CF)C2)cc1. The first kappa shape index (κ1) is 26.4. The van der Waals surface area contributed by atoms with Crippen LogP contribution in [0.4, 0.5) is 4.39 Å². The van der Waals surface area contributed by atoms with Crippen LogP contribution in [0.1, 0.15) is 20.8 Å². The molecule has 0 bridgehead atoms. The van der Waals surface area contributed by atoms with Crippen LogP contribution in [0, 0.1) is 12.8 Å². The quantitative estimate of drug-likeness (QED) is 0.0942. The van der Waals surface area contributed by atoms with Crippen molar-refractivity contribution in [3.8, 4) is 23.0 Å². The van der Waals surface area contributed by atoms with E-state index in [9.17, 15) is 9.18 Å². The number of ketones is 1. The molecule has 5 rings (SSSR count). The van der Waals surface area contributed by atoms with Gasteiger partial charge < -0.3 is 14.0 Å². The molecule has 1 aliphatic rings. The molecular weight excluding hydrogens is 623 g/mol. The van der Waals surface area contributed by atoms with Gasteiger partial charge in [-0.25, -0.2) is 0 Å². The van der Waals surface area contributed by atoms with E-state index in [1.165, 1.54) is 11.3 Å². The molecule has 1 aliphatic heterocycles. The van der Waals surface area contributed by atoms with Crippen LogP contribution in [-0.4, -0.2) is 43.6 Å². The molecule has 0 amide bonds. The number of halogens is 2. The van der Waals surface area contributed by atoms with E-state index >= 15 is 0 Å². The Morgan fingerprint density at radius 1 is 1.08 bits per heavy atom. The topological polar surface area (TPSA) is 48.0 Å². The van der Waals surface area contributed by atoms with Crippen LogP contribution in [0.2, 0.25) is 0 Å². The van der Waals surface area contributed by atoms with Crippen LogP contribution in [0.5, 0.6) is 23.0 Å². The van der Waals surface area contributed by atoms with Crippen LogP contribution in [0.3, 0.4) is 0 Å². The predicted molar refractivity (Wildman–Crippen MR) is 157 cm³/mol. The maximum absolute atomic E-state index is 13.6. The Kier molecular flexibility index (Phi) is 8.60. The fourth-order valence-electron chi connectivity index (χ4n) is 4.33. The van der Waals surface area contributed by atoms with Gasteiger partial charge in [0, 0.05) is 41.2 Å². The predicted octanol–water partition coefficient (Wildman–Crippen LogP) is 7.84. The molecule has 3 aromatic carbocycles. The summed E-state index contributed by atoms with van der Waals surface area (Å²) in [6.07, 6.45) is 0. The second-order valence-corrected chi connectivity index (χ2v) is 11.7. The maximum atomic E-state index is 13.6. The fourth-order valence-corrected chi connectivity index (χ4v) is 6.42. The Balaban J connectivity index is 1.36. The number of rotatable bonds is 11. The van der Waals surface area contributed by atoms with Crippen molar-refractivity contribution in [1.82, 2.24) is 4.90 Å². The second-order valence-electron chi connectivity index (χ2n) is 8.94. The summed E-state index contributed by atoms with van der Waals surface area (Å²) in [5, 5.41) is 0.868. The molecule has 1 saturated heterocycles. The first-order valence-electron chi connectivity index (χ1n) is 11.9. The highest BCUT2D eigenvalue weighted by atomic mass is 127. The zero-order valence-corrected chi connectivity index (χ0v) is 24.2. The van der Waals surface area contributed by atoms with E-state index in [2.05, 4.69) is 26.9 Å². The Hall–Kier alpha value is -2.26. The van der Waals surface area contributed by atoms with Crippen molar-refractivity contribution in [3.05, 3.63) is 82.7 Å². The number of alkyl halides is 1. The summed E-state index contributed by atoms with van der Waals surface area (Å²) in [5.41, 5.74) is 1.58. The smallest absolute Gasteiger partial charge is 0.207 e. The van der Waals surface area contributed by atoms with Gasteiger partial charge in [0.05, 0.1) is 6.67 Å². The standard InChI is InChI=1S/C28H26FINO4PS/c1-18-4-2-3-5-23(18)26(32)28-27(24-11-10-22(35-36-30)14-25(24)37-28)34-21-8-6-20(7-9-21)33-13-12-31-16-19(15-29)17-31/h2-11,14,19,36H,12-13,15-17H2,1H3. The molecule has 1 aromatic heterocycles. The lowest BCUT2D eigenvalue weighted by atomic mass is 10.0. The zero-order chi connectivity index (χ0) is 25.8. The largest absolute Gasteiger partial charge is 0.492 e. The van der Waals surface area contributed by atoms with Gasteiger partial charge in [-0.15, -0.1) is 11.3 Å². The summed E-state index contributed by atoms with van der Waals surface area (Å²) in [7, 11) is 0. The Morgan fingerprint density at radius 2 is 1.81 bits per heavy atom. The molecule has 2 heterocycles. The minimum atomic E-state index is -0.246. The van der Waals surface area contributed by atoms with Gasteiger partial charge >= 0.3 is 0 Å². The number of aryl methyl sites for hydroxylation is 1. The fraction of sp³-hybridized carbons (Fsp3) is 0.250. The summed E-state index contributed by atoms with van der Waals surface area (Å²) in [4.78, 5) is 16.4. The second kappa shape index (κ2) is 12.1. The van der Waals surface area contributed by atoms with Gasteiger partial charge in [-0.2, -0.15) is 0 Å². The molecule has 9 heteroatoms. The number of carbonyl (C=O) groups is 1. The highest BCUT2D eigenvalue weighted by molar-refractivity contribution is 14.2. The molecule has 5 nitrogen and oxygen atoms in total. The lowest BCUT2D eigenvalue weighted by Gasteiger charge is -2.37. The third-order valence-electron chi connectivity index (χ3n) is 6.34. The van der Waals surface area contributed by atoms with Crippen LogP contribution in [0.25, 0.3) is 10.1 Å². The number of benzene rings is 3. The Labute approximate surface area is 234 Å². The van der Waals surface area contributed by atoms with Crippen molar-refractivity contribution in [1.29, 1.82) is 0 Å². The van der Waals surface area contributed by atoms with E-state index in [1.807, 2.05) is 73.7 Å². The van der Waals surface area contributed by atoms with Gasteiger partial charge in [0.2, 0.25) is 5.78 Å². The minimum absolute atomic E-state index is 0.0616. The van der Waals surface area contributed by atoms with Gasteiger partial charge in [0.15, 0.2) is 5.75 Å². The van der Waals surface area contributed by atoms with E-state index in [-0.39, 0.29) is 18.4 Å². The van der Waals surface area contributed by atoms with Gasteiger partial charge in [0.1, 0.15) is 35.2 Å². The van der Waals surface area contributed by atoms with Crippen molar-refractivity contribution in [3.63, 3.8) is 0 Å². The molecule has 37 heavy (non-hydrogen) atoms. The van der Waals surface area contributed by atoms with Crippen molar-refractivity contribution in [2.75, 3.05) is 32.9 Å². The third kappa shape index (κ3) is 6.08. The zero-order valence-electron chi connectivity index (χ0n) is 20.2. The molecule has 0 N–H and O–H groups in total. The molecule has 0 radical (unpaired) electrons. The Bertz CT molecular complexity index is 1390. The van der Waals surface area contributed by atoms with Crippen molar-refractivity contribution in [2.45, 2.75) is 6.92 Å². The summed E-state index contributed by atoms with van der Waals surface area (Å²) in [6, 6.07) is 20.8. The van der Waals surface area contributed by atoms with Crippen LogP contribution >= 0.6 is 39.8 Å². The number of ether oxygens (including phenoxy) is 2. The number of thiophene rings is 1. The van der Waals surface area contributed by atoms with E-state index in [1.54, 1.807) is 0 Å². The average Bonchev–Trinajstić information content (AvgIpc) is 3.24. The third-order valence-corrected chi connectivity index (χ3v) is 8.45. The molecule has 4 aromatic rings. The highest BCUT2D eigenvalue weighted by Gasteiger charge is 2.26. The van der Waals surface area contributed by atoms with Crippen LogP contribution in [-0.2, 0) is 0 Å².